The largest absolute Gasteiger partial charge is 0.463 e. The Morgan fingerprint density at radius 3 is 2.48 bits per heavy atom. The second kappa shape index (κ2) is 8.15. The molecule has 0 atom stereocenters. The van der Waals surface area contributed by atoms with Crippen molar-refractivity contribution in [2.45, 2.75) is 6.92 Å². The second-order valence-corrected chi connectivity index (χ2v) is 5.05. The van der Waals surface area contributed by atoms with Crippen molar-refractivity contribution in [2.75, 3.05) is 11.9 Å². The van der Waals surface area contributed by atoms with Gasteiger partial charge in [-0.1, -0.05) is 35.9 Å². The number of ether oxygens (including phenoxy) is 1. The lowest BCUT2D eigenvalue weighted by molar-refractivity contribution is -0.137. The number of nitrogens with one attached hydrogen (secondary N) is 1. The van der Waals surface area contributed by atoms with E-state index in [1.807, 2.05) is 0 Å². The topological polar surface area (TPSA) is 55.4 Å². The first-order valence-electron chi connectivity index (χ1n) is 7.11. The van der Waals surface area contributed by atoms with Crippen molar-refractivity contribution in [2.24, 2.45) is 0 Å². The zero-order chi connectivity index (χ0) is 16.7. The minimum absolute atomic E-state index is 0.273. The Labute approximate surface area is 139 Å². The number of hydrogen-bond donors (Lipinski definition) is 1. The standard InChI is InChI=1S/C18H16ClNO3/c1-2-23-17(21)12-9-13-7-10-14(11-8-13)20-18(22)15-5-3-4-6-16(15)19/h3-12H,2H2,1H3,(H,20,22)/b12-9+. The first-order valence-corrected chi connectivity index (χ1v) is 7.48. The molecule has 1 N–H and O–H groups in total. The molecule has 0 aliphatic rings. The summed E-state index contributed by atoms with van der Waals surface area (Å²) in [6.07, 6.45) is 3.01. The number of amides is 1. The van der Waals surface area contributed by atoms with Crippen LogP contribution in [0.1, 0.15) is 22.8 Å². The number of hydrogen-bond acceptors (Lipinski definition) is 3. The molecule has 5 heteroatoms. The smallest absolute Gasteiger partial charge is 0.330 e. The van der Waals surface area contributed by atoms with E-state index in [2.05, 4.69) is 5.32 Å². The number of rotatable bonds is 5. The summed E-state index contributed by atoms with van der Waals surface area (Å²) in [6, 6.07) is 13.9. The van der Waals surface area contributed by atoms with Gasteiger partial charge in [0.15, 0.2) is 0 Å². The van der Waals surface area contributed by atoms with Gasteiger partial charge in [0.1, 0.15) is 0 Å². The fourth-order valence-electron chi connectivity index (χ4n) is 1.88. The molecule has 0 aromatic heterocycles. The SMILES string of the molecule is CCOC(=O)/C=C/c1ccc(NC(=O)c2ccccc2Cl)cc1. The van der Waals surface area contributed by atoms with Crippen LogP contribution in [-0.4, -0.2) is 18.5 Å². The summed E-state index contributed by atoms with van der Waals surface area (Å²) in [4.78, 5) is 23.4. The molecule has 0 aliphatic carbocycles. The van der Waals surface area contributed by atoms with Gasteiger partial charge in [-0.25, -0.2) is 4.79 Å². The quantitative estimate of drug-likeness (QED) is 0.661. The number of benzene rings is 2. The van der Waals surface area contributed by atoms with Gasteiger partial charge in [0.25, 0.3) is 5.91 Å². The number of anilines is 1. The van der Waals surface area contributed by atoms with E-state index in [1.165, 1.54) is 6.08 Å². The van der Waals surface area contributed by atoms with Gasteiger partial charge in [-0.15, -0.1) is 0 Å². The molecule has 0 spiro atoms. The monoisotopic (exact) mass is 329 g/mol. The molecule has 1 amide bonds. The molecule has 4 nitrogen and oxygen atoms in total. The van der Waals surface area contributed by atoms with Crippen LogP contribution < -0.4 is 5.32 Å². The Balaban J connectivity index is 2.01. The molecule has 0 bridgehead atoms. The molecule has 0 saturated heterocycles. The third-order valence-electron chi connectivity index (χ3n) is 2.99. The van der Waals surface area contributed by atoms with Crippen molar-refractivity contribution in [3.63, 3.8) is 0 Å². The molecule has 0 fully saturated rings. The molecule has 0 unspecified atom stereocenters. The lowest BCUT2D eigenvalue weighted by atomic mass is 10.1. The summed E-state index contributed by atoms with van der Waals surface area (Å²) < 4.78 is 4.80. The van der Waals surface area contributed by atoms with Gasteiger partial charge < -0.3 is 10.1 Å². The predicted molar refractivity (Wildman–Crippen MR) is 91.5 cm³/mol. The highest BCUT2D eigenvalue weighted by molar-refractivity contribution is 6.34. The zero-order valence-corrected chi connectivity index (χ0v) is 13.3. The zero-order valence-electron chi connectivity index (χ0n) is 12.6. The average molecular weight is 330 g/mol. The maximum Gasteiger partial charge on any atom is 0.330 e. The van der Waals surface area contributed by atoms with Crippen LogP contribution in [0.5, 0.6) is 0 Å². The summed E-state index contributed by atoms with van der Waals surface area (Å²) in [6.45, 7) is 2.10. The van der Waals surface area contributed by atoms with Crippen LogP contribution in [0.2, 0.25) is 5.02 Å². The van der Waals surface area contributed by atoms with Crippen molar-refractivity contribution in [1.29, 1.82) is 0 Å². The highest BCUT2D eigenvalue weighted by Gasteiger charge is 2.09. The van der Waals surface area contributed by atoms with Gasteiger partial charge in [0.2, 0.25) is 0 Å². The number of carbonyl (C=O) groups is 2. The molecule has 0 radical (unpaired) electrons. The third-order valence-corrected chi connectivity index (χ3v) is 3.32. The summed E-state index contributed by atoms with van der Waals surface area (Å²) in [5.74, 6) is -0.658. The Kier molecular flexibility index (Phi) is 5.94. The summed E-state index contributed by atoms with van der Waals surface area (Å²) in [7, 11) is 0. The number of carbonyl (C=O) groups excluding carboxylic acids is 2. The van der Waals surface area contributed by atoms with E-state index >= 15 is 0 Å². The van der Waals surface area contributed by atoms with Crippen LogP contribution in [0, 0.1) is 0 Å². The maximum atomic E-state index is 12.1. The summed E-state index contributed by atoms with van der Waals surface area (Å²) in [5.41, 5.74) is 1.89. The van der Waals surface area contributed by atoms with Crippen LogP contribution in [0.4, 0.5) is 5.69 Å². The van der Waals surface area contributed by atoms with Crippen LogP contribution in [0.3, 0.4) is 0 Å². The Bertz CT molecular complexity index is 723. The van der Waals surface area contributed by atoms with Crippen LogP contribution >= 0.6 is 11.6 Å². The fourth-order valence-corrected chi connectivity index (χ4v) is 2.10. The first kappa shape index (κ1) is 16.8. The fraction of sp³-hybridized carbons (Fsp3) is 0.111. The Morgan fingerprint density at radius 1 is 1.13 bits per heavy atom. The van der Waals surface area contributed by atoms with Gasteiger partial charge in [0.05, 0.1) is 17.2 Å². The van der Waals surface area contributed by atoms with Crippen LogP contribution in [0.25, 0.3) is 6.08 Å². The number of halogens is 1. The average Bonchev–Trinajstić information content (AvgIpc) is 2.55. The number of esters is 1. The van der Waals surface area contributed by atoms with Gasteiger partial charge in [-0.05, 0) is 42.8 Å². The van der Waals surface area contributed by atoms with Crippen molar-refractivity contribution in [1.82, 2.24) is 0 Å². The molecule has 0 aliphatic heterocycles. The molecule has 0 saturated carbocycles. The van der Waals surface area contributed by atoms with Gasteiger partial charge in [-0.3, -0.25) is 4.79 Å². The normalized spacial score (nSPS) is 10.5. The van der Waals surface area contributed by atoms with E-state index in [0.717, 1.165) is 5.56 Å². The third kappa shape index (κ3) is 4.97. The Morgan fingerprint density at radius 2 is 1.83 bits per heavy atom. The van der Waals surface area contributed by atoms with E-state index in [9.17, 15) is 9.59 Å². The molecule has 23 heavy (non-hydrogen) atoms. The molecular weight excluding hydrogens is 314 g/mol. The maximum absolute atomic E-state index is 12.1. The lowest BCUT2D eigenvalue weighted by Crippen LogP contribution is -2.12. The van der Waals surface area contributed by atoms with Gasteiger partial charge in [0, 0.05) is 11.8 Å². The van der Waals surface area contributed by atoms with Crippen molar-refractivity contribution in [3.05, 3.63) is 70.8 Å². The van der Waals surface area contributed by atoms with Gasteiger partial charge >= 0.3 is 5.97 Å². The summed E-state index contributed by atoms with van der Waals surface area (Å²) >= 11 is 5.99. The highest BCUT2D eigenvalue weighted by Crippen LogP contribution is 2.17. The molecule has 2 aromatic carbocycles. The van der Waals surface area contributed by atoms with Crippen molar-refractivity contribution < 1.29 is 14.3 Å². The first-order chi connectivity index (χ1) is 11.1. The van der Waals surface area contributed by atoms with E-state index < -0.39 is 0 Å². The van der Waals surface area contributed by atoms with Crippen molar-refractivity contribution >= 4 is 35.2 Å². The molecule has 0 heterocycles. The van der Waals surface area contributed by atoms with E-state index in [0.29, 0.717) is 22.9 Å². The highest BCUT2D eigenvalue weighted by atomic mass is 35.5. The predicted octanol–water partition coefficient (Wildman–Crippen LogP) is 4.17. The summed E-state index contributed by atoms with van der Waals surface area (Å²) in [5, 5.41) is 3.17. The van der Waals surface area contributed by atoms with Crippen LogP contribution in [0.15, 0.2) is 54.6 Å². The molecule has 2 aromatic rings. The van der Waals surface area contributed by atoms with E-state index in [1.54, 1.807) is 61.5 Å². The van der Waals surface area contributed by atoms with E-state index in [-0.39, 0.29) is 11.9 Å². The minimum Gasteiger partial charge on any atom is -0.463 e. The van der Waals surface area contributed by atoms with Crippen LogP contribution in [-0.2, 0) is 9.53 Å². The molecule has 2 rings (SSSR count). The second-order valence-electron chi connectivity index (χ2n) is 4.64. The Hall–Kier alpha value is -2.59. The molecule has 118 valence electrons. The van der Waals surface area contributed by atoms with Crippen molar-refractivity contribution in [3.8, 4) is 0 Å². The van der Waals surface area contributed by atoms with Gasteiger partial charge in [-0.2, -0.15) is 0 Å². The molecular formula is C18H16ClNO3. The van der Waals surface area contributed by atoms with E-state index in [4.69, 9.17) is 16.3 Å². The minimum atomic E-state index is -0.386. The lowest BCUT2D eigenvalue weighted by Gasteiger charge is -2.07.